The maximum atomic E-state index is 13.8. The molecule has 2 heterocycles. The number of hydrogen-bond acceptors (Lipinski definition) is 5. The van der Waals surface area contributed by atoms with Gasteiger partial charge in [-0.2, -0.15) is 10.2 Å². The van der Waals surface area contributed by atoms with Crippen molar-refractivity contribution in [2.45, 2.75) is 6.54 Å². The Labute approximate surface area is 138 Å². The molecule has 7 heteroatoms. The molecule has 0 spiro atoms. The lowest BCUT2D eigenvalue weighted by Crippen LogP contribution is -2.48. The first-order valence-electron chi connectivity index (χ1n) is 7.15. The van der Waals surface area contributed by atoms with Crippen LogP contribution in [0.2, 0.25) is 5.15 Å². The minimum Gasteiger partial charge on any atom is -0.476 e. The summed E-state index contributed by atoms with van der Waals surface area (Å²) in [7, 11) is 0. The predicted molar refractivity (Wildman–Crippen MR) is 82.4 cm³/mol. The monoisotopic (exact) mass is 332 g/mol. The third-order valence-corrected chi connectivity index (χ3v) is 3.84. The molecule has 0 atom stereocenters. The van der Waals surface area contributed by atoms with Crippen LogP contribution < -0.4 is 4.74 Å². The van der Waals surface area contributed by atoms with Gasteiger partial charge < -0.3 is 4.74 Å². The summed E-state index contributed by atoms with van der Waals surface area (Å²) in [5.74, 6) is 0.448. The van der Waals surface area contributed by atoms with E-state index in [4.69, 9.17) is 21.6 Å². The number of rotatable bonds is 5. The van der Waals surface area contributed by atoms with Crippen molar-refractivity contribution in [1.82, 2.24) is 14.9 Å². The second-order valence-corrected chi connectivity index (χ2v) is 5.86. The van der Waals surface area contributed by atoms with Crippen LogP contribution in [0.15, 0.2) is 30.6 Å². The fourth-order valence-electron chi connectivity index (χ4n) is 2.50. The number of aromatic nitrogens is 2. The van der Waals surface area contributed by atoms with Crippen LogP contribution in [-0.2, 0) is 6.54 Å². The summed E-state index contributed by atoms with van der Waals surface area (Å²) >= 11 is 5.74. The number of ether oxygens (including phenoxy) is 1. The molecule has 1 aromatic heterocycles. The molecule has 0 N–H and O–H groups in total. The standard InChI is InChI=1S/C16H14ClFN4O/c17-15-5-20-6-16(21-15)23-10-12-7-22(8-12)9-13-2-1-11(4-19)3-14(13)18/h1-3,5-6,12H,7-10H2. The third-order valence-electron chi connectivity index (χ3n) is 3.66. The molecular weight excluding hydrogens is 319 g/mol. The maximum absolute atomic E-state index is 13.8. The topological polar surface area (TPSA) is 62.0 Å². The molecular formula is C16H14ClFN4O. The van der Waals surface area contributed by atoms with Crippen molar-refractivity contribution >= 4 is 11.6 Å². The minimum atomic E-state index is -0.335. The number of halogens is 2. The van der Waals surface area contributed by atoms with Crippen molar-refractivity contribution in [2.75, 3.05) is 19.7 Å². The van der Waals surface area contributed by atoms with Gasteiger partial charge in [-0.15, -0.1) is 0 Å². The van der Waals surface area contributed by atoms with E-state index in [-0.39, 0.29) is 5.82 Å². The predicted octanol–water partition coefficient (Wildman–Crippen LogP) is 2.65. The van der Waals surface area contributed by atoms with Crippen LogP contribution in [0, 0.1) is 23.1 Å². The molecule has 0 bridgehead atoms. The molecule has 1 aliphatic heterocycles. The highest BCUT2D eigenvalue weighted by atomic mass is 35.5. The van der Waals surface area contributed by atoms with Gasteiger partial charge in [-0.25, -0.2) is 4.39 Å². The second kappa shape index (κ2) is 6.90. The van der Waals surface area contributed by atoms with E-state index in [9.17, 15) is 4.39 Å². The van der Waals surface area contributed by atoms with Gasteiger partial charge in [0.2, 0.25) is 5.88 Å². The number of benzene rings is 1. The van der Waals surface area contributed by atoms with Crippen LogP contribution in [0.1, 0.15) is 11.1 Å². The van der Waals surface area contributed by atoms with Gasteiger partial charge in [-0.3, -0.25) is 9.88 Å². The molecule has 0 radical (unpaired) electrons. The first-order chi connectivity index (χ1) is 11.1. The number of likely N-dealkylation sites (tertiary alicyclic amines) is 1. The van der Waals surface area contributed by atoms with E-state index < -0.39 is 0 Å². The Morgan fingerprint density at radius 2 is 2.22 bits per heavy atom. The first-order valence-corrected chi connectivity index (χ1v) is 7.53. The lowest BCUT2D eigenvalue weighted by Gasteiger charge is -2.39. The van der Waals surface area contributed by atoms with Crippen LogP contribution in [0.4, 0.5) is 4.39 Å². The Balaban J connectivity index is 1.45. The molecule has 2 aromatic rings. The Morgan fingerprint density at radius 3 is 2.91 bits per heavy atom. The summed E-state index contributed by atoms with van der Waals surface area (Å²) in [5, 5.41) is 9.04. The van der Waals surface area contributed by atoms with E-state index in [0.717, 1.165) is 13.1 Å². The quantitative estimate of drug-likeness (QED) is 0.842. The van der Waals surface area contributed by atoms with Gasteiger partial charge >= 0.3 is 0 Å². The second-order valence-electron chi connectivity index (χ2n) is 5.47. The highest BCUT2D eigenvalue weighted by Gasteiger charge is 2.28. The molecule has 1 fully saturated rings. The van der Waals surface area contributed by atoms with E-state index in [1.54, 1.807) is 12.1 Å². The minimum absolute atomic E-state index is 0.300. The van der Waals surface area contributed by atoms with Gasteiger partial charge in [0.15, 0.2) is 5.15 Å². The average Bonchev–Trinajstić information content (AvgIpc) is 2.50. The van der Waals surface area contributed by atoms with Crippen molar-refractivity contribution in [1.29, 1.82) is 5.26 Å². The molecule has 0 saturated carbocycles. The molecule has 23 heavy (non-hydrogen) atoms. The van der Waals surface area contributed by atoms with Crippen LogP contribution in [0.5, 0.6) is 5.88 Å². The van der Waals surface area contributed by atoms with Crippen LogP contribution in [-0.4, -0.2) is 34.6 Å². The van der Waals surface area contributed by atoms with Crippen molar-refractivity contribution in [3.8, 4) is 11.9 Å². The van der Waals surface area contributed by atoms with Crippen molar-refractivity contribution in [3.05, 3.63) is 52.7 Å². The molecule has 0 unspecified atom stereocenters. The molecule has 3 rings (SSSR count). The van der Waals surface area contributed by atoms with Gasteiger partial charge in [0.1, 0.15) is 5.82 Å². The Morgan fingerprint density at radius 1 is 1.39 bits per heavy atom. The molecule has 118 valence electrons. The van der Waals surface area contributed by atoms with Crippen molar-refractivity contribution < 1.29 is 9.13 Å². The molecule has 0 amide bonds. The van der Waals surface area contributed by atoms with E-state index in [1.165, 1.54) is 18.5 Å². The summed E-state index contributed by atoms with van der Waals surface area (Å²) in [6, 6.07) is 6.50. The van der Waals surface area contributed by atoms with Gasteiger partial charge in [-0.1, -0.05) is 17.7 Å². The lowest BCUT2D eigenvalue weighted by molar-refractivity contribution is 0.0534. The van der Waals surface area contributed by atoms with E-state index in [0.29, 0.717) is 41.2 Å². The van der Waals surface area contributed by atoms with Crippen molar-refractivity contribution in [3.63, 3.8) is 0 Å². The highest BCUT2D eigenvalue weighted by Crippen LogP contribution is 2.21. The Bertz CT molecular complexity index is 743. The average molecular weight is 333 g/mol. The fourth-order valence-corrected chi connectivity index (χ4v) is 2.64. The maximum Gasteiger partial charge on any atom is 0.233 e. The number of hydrogen-bond donors (Lipinski definition) is 0. The SMILES string of the molecule is N#Cc1ccc(CN2CC(COc3cncc(Cl)n3)C2)c(F)c1. The highest BCUT2D eigenvalue weighted by molar-refractivity contribution is 6.29. The smallest absolute Gasteiger partial charge is 0.233 e. The molecule has 5 nitrogen and oxygen atoms in total. The lowest BCUT2D eigenvalue weighted by atomic mass is 10.00. The van der Waals surface area contributed by atoms with Gasteiger partial charge in [0, 0.05) is 31.1 Å². The van der Waals surface area contributed by atoms with Gasteiger partial charge in [0.25, 0.3) is 0 Å². The molecule has 1 aromatic carbocycles. The van der Waals surface area contributed by atoms with Crippen LogP contribution in [0.3, 0.4) is 0 Å². The normalized spacial score (nSPS) is 15.0. The van der Waals surface area contributed by atoms with E-state index >= 15 is 0 Å². The zero-order chi connectivity index (χ0) is 16.2. The number of nitriles is 1. The molecule has 1 saturated heterocycles. The summed E-state index contributed by atoms with van der Waals surface area (Å²) in [6.45, 7) is 2.72. The summed E-state index contributed by atoms with van der Waals surface area (Å²) < 4.78 is 19.4. The largest absolute Gasteiger partial charge is 0.476 e. The Kier molecular flexibility index (Phi) is 4.70. The molecule has 1 aliphatic rings. The first kappa shape index (κ1) is 15.7. The van der Waals surface area contributed by atoms with Crippen LogP contribution >= 0.6 is 11.6 Å². The van der Waals surface area contributed by atoms with Gasteiger partial charge in [-0.05, 0) is 12.1 Å². The summed E-state index contributed by atoms with van der Waals surface area (Å²) in [6.07, 6.45) is 2.97. The van der Waals surface area contributed by atoms with E-state index in [2.05, 4.69) is 14.9 Å². The van der Waals surface area contributed by atoms with E-state index in [1.807, 2.05) is 6.07 Å². The summed E-state index contributed by atoms with van der Waals surface area (Å²) in [5.41, 5.74) is 0.938. The molecule has 0 aliphatic carbocycles. The van der Waals surface area contributed by atoms with Crippen molar-refractivity contribution in [2.24, 2.45) is 5.92 Å². The Hall–Kier alpha value is -2.23. The zero-order valence-corrected chi connectivity index (χ0v) is 13.0. The number of nitrogens with zero attached hydrogens (tertiary/aromatic N) is 4. The summed E-state index contributed by atoms with van der Waals surface area (Å²) in [4.78, 5) is 10.0. The fraction of sp³-hybridized carbons (Fsp3) is 0.312. The van der Waals surface area contributed by atoms with Gasteiger partial charge in [0.05, 0.1) is 30.6 Å². The van der Waals surface area contributed by atoms with Crippen LogP contribution in [0.25, 0.3) is 0 Å². The zero-order valence-electron chi connectivity index (χ0n) is 12.2. The third kappa shape index (κ3) is 3.95.